The van der Waals surface area contributed by atoms with E-state index in [0.717, 1.165) is 95.2 Å². The van der Waals surface area contributed by atoms with Crippen LogP contribution in [0.5, 0.6) is 11.5 Å². The van der Waals surface area contributed by atoms with Gasteiger partial charge < -0.3 is 19.0 Å². The number of hydrogen-bond acceptors (Lipinski definition) is 5. The maximum Gasteiger partial charge on any atom is 0.156 e. The monoisotopic (exact) mass is 1050 g/mol. The van der Waals surface area contributed by atoms with Crippen LogP contribution in [-0.2, 0) is 5.41 Å². The Morgan fingerprint density at radius 1 is 0.367 bits per heavy atom. The molecular formula is C73H45ClN2O2S. The normalized spacial score (nSPS) is 14.0. The van der Waals surface area contributed by atoms with Crippen LogP contribution in [0.4, 0.5) is 34.1 Å². The first-order valence-corrected chi connectivity index (χ1v) is 27.9. The van der Waals surface area contributed by atoms with Crippen molar-refractivity contribution in [1.29, 1.82) is 0 Å². The SMILES string of the molecule is Clc1ccc2c(c1)Oc1c(N(c3ccccc3)c3cc(-c4ccccc4)cc4oc5ccccc5c34)cccc1C21c2ccccc2-c2cc(N(c3ccccc3)c3ccc4sc5ccccc5c4c3-c3ccccc3)ccc21. The molecule has 2 aromatic heterocycles. The summed E-state index contributed by atoms with van der Waals surface area (Å²) in [6.45, 7) is 0. The summed E-state index contributed by atoms with van der Waals surface area (Å²) in [6, 6.07) is 98.0. The zero-order valence-electron chi connectivity index (χ0n) is 42.5. The van der Waals surface area contributed by atoms with Gasteiger partial charge in [-0.2, -0.15) is 0 Å². The fourth-order valence-electron chi connectivity index (χ4n) is 12.9. The number of halogens is 1. The largest absolute Gasteiger partial charge is 0.456 e. The summed E-state index contributed by atoms with van der Waals surface area (Å²) in [6.07, 6.45) is 0. The third-order valence-electron chi connectivity index (χ3n) is 16.1. The van der Waals surface area contributed by atoms with Gasteiger partial charge in [0, 0.05) is 64.3 Å². The van der Waals surface area contributed by atoms with Crippen molar-refractivity contribution in [3.05, 3.63) is 300 Å². The van der Waals surface area contributed by atoms with Crippen LogP contribution in [0.2, 0.25) is 5.02 Å². The molecular weight excluding hydrogens is 1000 g/mol. The summed E-state index contributed by atoms with van der Waals surface area (Å²) in [5.74, 6) is 1.45. The van der Waals surface area contributed by atoms with Gasteiger partial charge in [0.1, 0.15) is 16.9 Å². The van der Waals surface area contributed by atoms with E-state index >= 15 is 0 Å². The molecule has 0 fully saturated rings. The van der Waals surface area contributed by atoms with Gasteiger partial charge in [0.25, 0.3) is 0 Å². The average molecular weight is 1050 g/mol. The first-order valence-electron chi connectivity index (χ1n) is 26.7. The van der Waals surface area contributed by atoms with E-state index in [-0.39, 0.29) is 0 Å². The molecule has 0 bridgehead atoms. The van der Waals surface area contributed by atoms with E-state index in [9.17, 15) is 0 Å². The van der Waals surface area contributed by atoms with Crippen LogP contribution in [0, 0.1) is 0 Å². The molecule has 1 aliphatic heterocycles. The highest BCUT2D eigenvalue weighted by molar-refractivity contribution is 7.26. The molecule has 0 saturated heterocycles. The van der Waals surface area contributed by atoms with Crippen LogP contribution in [0.3, 0.4) is 0 Å². The highest BCUT2D eigenvalue weighted by Gasteiger charge is 2.52. The molecule has 14 aromatic rings. The van der Waals surface area contributed by atoms with E-state index < -0.39 is 5.41 Å². The van der Waals surface area contributed by atoms with Gasteiger partial charge in [-0.25, -0.2) is 0 Å². The number of furan rings is 1. The number of hydrogen-bond donors (Lipinski definition) is 0. The van der Waals surface area contributed by atoms with Crippen LogP contribution >= 0.6 is 22.9 Å². The van der Waals surface area contributed by atoms with E-state index in [1.165, 1.54) is 42.4 Å². The van der Waals surface area contributed by atoms with E-state index in [1.807, 2.05) is 29.5 Å². The quantitative estimate of drug-likeness (QED) is 0.152. The molecule has 0 N–H and O–H groups in total. The van der Waals surface area contributed by atoms with Gasteiger partial charge in [-0.1, -0.05) is 194 Å². The summed E-state index contributed by atoms with van der Waals surface area (Å²) < 4.78 is 16.8. The second-order valence-electron chi connectivity index (χ2n) is 20.4. The van der Waals surface area contributed by atoms with E-state index in [0.29, 0.717) is 10.8 Å². The maximum absolute atomic E-state index is 7.46. The number of benzene rings is 12. The molecule has 0 radical (unpaired) electrons. The third-order valence-corrected chi connectivity index (χ3v) is 17.5. The molecule has 79 heavy (non-hydrogen) atoms. The summed E-state index contributed by atoms with van der Waals surface area (Å²) in [7, 11) is 0. The van der Waals surface area contributed by atoms with Crippen LogP contribution in [0.1, 0.15) is 22.3 Å². The molecule has 6 heteroatoms. The lowest BCUT2D eigenvalue weighted by atomic mass is 9.66. The lowest BCUT2D eigenvalue weighted by Crippen LogP contribution is -2.32. The summed E-state index contributed by atoms with van der Waals surface area (Å²) in [5.41, 5.74) is 18.1. The van der Waals surface area contributed by atoms with E-state index in [1.54, 1.807) is 0 Å². The minimum absolute atomic E-state index is 0.599. The minimum Gasteiger partial charge on any atom is -0.456 e. The molecule has 1 aliphatic carbocycles. The van der Waals surface area contributed by atoms with Crippen molar-refractivity contribution in [2.24, 2.45) is 0 Å². The zero-order chi connectivity index (χ0) is 52.2. The first-order chi connectivity index (χ1) is 39.1. The van der Waals surface area contributed by atoms with Crippen molar-refractivity contribution < 1.29 is 9.15 Å². The molecule has 0 saturated carbocycles. The molecule has 1 spiro atoms. The van der Waals surface area contributed by atoms with Crippen LogP contribution in [-0.4, -0.2) is 0 Å². The van der Waals surface area contributed by atoms with E-state index in [2.05, 4.69) is 265 Å². The Balaban J connectivity index is 0.960. The summed E-state index contributed by atoms with van der Waals surface area (Å²) in [4.78, 5) is 4.81. The van der Waals surface area contributed by atoms with E-state index in [4.69, 9.17) is 20.8 Å². The number of fused-ring (bicyclic) bond motifs is 15. The second-order valence-corrected chi connectivity index (χ2v) is 21.9. The van der Waals surface area contributed by atoms with Gasteiger partial charge in [0.2, 0.25) is 0 Å². The number of thiophene rings is 1. The molecule has 0 amide bonds. The fourth-order valence-corrected chi connectivity index (χ4v) is 14.2. The summed E-state index contributed by atoms with van der Waals surface area (Å²) >= 11 is 8.91. The van der Waals surface area contributed by atoms with Crippen molar-refractivity contribution in [1.82, 2.24) is 0 Å². The van der Waals surface area contributed by atoms with Gasteiger partial charge in [-0.3, -0.25) is 0 Å². The fraction of sp³-hybridized carbons (Fsp3) is 0.0137. The van der Waals surface area contributed by atoms with Gasteiger partial charge in [-0.05, 0) is 130 Å². The van der Waals surface area contributed by atoms with Crippen molar-refractivity contribution in [3.8, 4) is 44.9 Å². The second kappa shape index (κ2) is 18.0. The Morgan fingerprint density at radius 2 is 1.01 bits per heavy atom. The van der Waals surface area contributed by atoms with Crippen molar-refractivity contribution in [3.63, 3.8) is 0 Å². The molecule has 1 unspecified atom stereocenters. The Hall–Kier alpha value is -9.65. The topological polar surface area (TPSA) is 28.9 Å². The Bertz CT molecular complexity index is 4730. The van der Waals surface area contributed by atoms with Crippen LogP contribution in [0.25, 0.3) is 75.5 Å². The molecule has 16 rings (SSSR count). The van der Waals surface area contributed by atoms with Gasteiger partial charge in [0.05, 0.1) is 27.9 Å². The Kier molecular flexibility index (Phi) is 10.4. The standard InChI is InChI=1S/C73H45ClN2O2S/c74-49-36-38-59-65(44-49)78-72-60(32-19-33-62(72)76(51-26-11-4-12-27-51)63-42-48(46-20-5-1-6-21-46)43-66-70(63)54-29-14-17-34-64(54)77-66)73(59)57-31-16-13-28-53(57)56-45-52(37-39-58(56)73)75(50-24-9-3-10-25-50)61-40-41-68-71(55-30-15-18-35-67(55)79-68)69(61)47-22-7-2-8-23-47/h1-45H. The van der Waals surface area contributed by atoms with Gasteiger partial charge >= 0.3 is 0 Å². The highest BCUT2D eigenvalue weighted by Crippen LogP contribution is 2.65. The highest BCUT2D eigenvalue weighted by atomic mass is 35.5. The predicted octanol–water partition coefficient (Wildman–Crippen LogP) is 21.3. The van der Waals surface area contributed by atoms with Crippen molar-refractivity contribution in [2.75, 3.05) is 9.80 Å². The van der Waals surface area contributed by atoms with Gasteiger partial charge in [-0.15, -0.1) is 11.3 Å². The zero-order valence-corrected chi connectivity index (χ0v) is 44.1. The Morgan fingerprint density at radius 3 is 1.81 bits per heavy atom. The maximum atomic E-state index is 7.46. The number of para-hydroxylation sites is 4. The van der Waals surface area contributed by atoms with Crippen molar-refractivity contribution >= 4 is 99.2 Å². The molecule has 1 atom stereocenters. The first kappa shape index (κ1) is 45.5. The number of nitrogens with zero attached hydrogens (tertiary/aromatic N) is 2. The molecule has 2 aliphatic rings. The van der Waals surface area contributed by atoms with Crippen LogP contribution < -0.4 is 14.5 Å². The molecule has 372 valence electrons. The number of ether oxygens (including phenoxy) is 1. The average Bonchev–Trinajstić information content (AvgIpc) is 3.98. The third kappa shape index (κ3) is 6.93. The smallest absolute Gasteiger partial charge is 0.156 e. The minimum atomic E-state index is -0.818. The lowest BCUT2D eigenvalue weighted by molar-refractivity contribution is 0.437. The molecule has 12 aromatic carbocycles. The molecule has 4 nitrogen and oxygen atoms in total. The van der Waals surface area contributed by atoms with Gasteiger partial charge in [0.15, 0.2) is 5.75 Å². The predicted molar refractivity (Wildman–Crippen MR) is 329 cm³/mol. The van der Waals surface area contributed by atoms with Crippen LogP contribution in [0.15, 0.2) is 277 Å². The molecule has 3 heterocycles. The Labute approximate surface area is 465 Å². The van der Waals surface area contributed by atoms with Crippen molar-refractivity contribution in [2.45, 2.75) is 5.41 Å². The summed E-state index contributed by atoms with van der Waals surface area (Å²) in [5, 5.41) is 5.17. The lowest BCUT2D eigenvalue weighted by Gasteiger charge is -2.41. The number of rotatable bonds is 8. The number of anilines is 6.